The molecule has 3 aromatic rings. The number of rotatable bonds is 6. The average molecular weight is 426 g/mol. The summed E-state index contributed by atoms with van der Waals surface area (Å²) in [5.41, 5.74) is 3.69. The Morgan fingerprint density at radius 2 is 1.86 bits per heavy atom. The van der Waals surface area contributed by atoms with Crippen molar-refractivity contribution in [3.05, 3.63) is 74.1 Å². The lowest BCUT2D eigenvalue weighted by atomic mass is 9.98. The molecule has 1 amide bonds. The van der Waals surface area contributed by atoms with E-state index in [4.69, 9.17) is 0 Å². The molecule has 1 aromatic carbocycles. The van der Waals surface area contributed by atoms with Gasteiger partial charge in [0.2, 0.25) is 5.91 Å². The Labute approximate surface area is 181 Å². The van der Waals surface area contributed by atoms with Crippen LogP contribution in [0.4, 0.5) is 5.69 Å². The lowest BCUT2D eigenvalue weighted by molar-refractivity contribution is -0.132. The van der Waals surface area contributed by atoms with Crippen LogP contribution in [-0.4, -0.2) is 49.9 Å². The Morgan fingerprint density at radius 1 is 1.07 bits per heavy atom. The largest absolute Gasteiger partial charge is 0.378 e. The first-order valence-corrected chi connectivity index (χ1v) is 11.6. The molecule has 152 valence electrons. The third kappa shape index (κ3) is 4.39. The maximum absolute atomic E-state index is 13.0. The summed E-state index contributed by atoms with van der Waals surface area (Å²) in [5, 5.41) is 4.31. The van der Waals surface area contributed by atoms with Crippen molar-refractivity contribution in [1.82, 2.24) is 9.80 Å². The van der Waals surface area contributed by atoms with Crippen LogP contribution in [0.3, 0.4) is 0 Å². The van der Waals surface area contributed by atoms with Crippen molar-refractivity contribution < 1.29 is 4.79 Å². The zero-order valence-corrected chi connectivity index (χ0v) is 18.8. The SMILES string of the molecule is CN(Cc1ccc(N(C)C)cc1)C(=O)CN1CCc2sccc2[C@@H]1c1cccs1. The minimum atomic E-state index is 0.168. The Hall–Kier alpha value is -2.15. The van der Waals surface area contributed by atoms with Gasteiger partial charge in [-0.3, -0.25) is 9.69 Å². The fourth-order valence-corrected chi connectivity index (χ4v) is 5.65. The van der Waals surface area contributed by atoms with E-state index in [9.17, 15) is 4.79 Å². The van der Waals surface area contributed by atoms with Gasteiger partial charge in [0.05, 0.1) is 12.6 Å². The van der Waals surface area contributed by atoms with Gasteiger partial charge in [-0.1, -0.05) is 18.2 Å². The Morgan fingerprint density at radius 3 is 2.55 bits per heavy atom. The molecule has 2 aromatic heterocycles. The van der Waals surface area contributed by atoms with Crippen LogP contribution in [0.15, 0.2) is 53.2 Å². The van der Waals surface area contributed by atoms with Gasteiger partial charge in [-0.2, -0.15) is 0 Å². The highest BCUT2D eigenvalue weighted by atomic mass is 32.1. The number of fused-ring (bicyclic) bond motifs is 1. The maximum Gasteiger partial charge on any atom is 0.236 e. The van der Waals surface area contributed by atoms with Crippen LogP contribution in [-0.2, 0) is 17.8 Å². The Balaban J connectivity index is 1.45. The normalized spacial score (nSPS) is 16.4. The predicted octanol–water partition coefficient (Wildman–Crippen LogP) is 4.48. The van der Waals surface area contributed by atoms with Gasteiger partial charge in [-0.05, 0) is 52.6 Å². The van der Waals surface area contributed by atoms with Crippen LogP contribution in [0.25, 0.3) is 0 Å². The molecule has 0 unspecified atom stereocenters. The summed E-state index contributed by atoms with van der Waals surface area (Å²) in [5.74, 6) is 0.168. The van der Waals surface area contributed by atoms with Gasteiger partial charge in [0.1, 0.15) is 0 Å². The summed E-state index contributed by atoms with van der Waals surface area (Å²) < 4.78 is 0. The molecule has 0 fully saturated rings. The number of anilines is 1. The van der Waals surface area contributed by atoms with Crippen molar-refractivity contribution in [3.63, 3.8) is 0 Å². The van der Waals surface area contributed by atoms with Gasteiger partial charge >= 0.3 is 0 Å². The number of carbonyl (C=O) groups is 1. The molecule has 6 heteroatoms. The quantitative estimate of drug-likeness (QED) is 0.583. The lowest BCUT2D eigenvalue weighted by Gasteiger charge is -2.35. The number of amides is 1. The summed E-state index contributed by atoms with van der Waals surface area (Å²) in [4.78, 5) is 22.1. The third-order valence-corrected chi connectivity index (χ3v) is 7.44. The molecule has 0 saturated heterocycles. The van der Waals surface area contributed by atoms with Crippen molar-refractivity contribution in [1.29, 1.82) is 0 Å². The van der Waals surface area contributed by atoms with Crippen molar-refractivity contribution >= 4 is 34.3 Å². The van der Waals surface area contributed by atoms with Gasteiger partial charge in [0, 0.05) is 49.7 Å². The molecule has 4 rings (SSSR count). The van der Waals surface area contributed by atoms with Gasteiger partial charge < -0.3 is 9.80 Å². The monoisotopic (exact) mass is 425 g/mol. The zero-order chi connectivity index (χ0) is 20.4. The second kappa shape index (κ2) is 8.69. The van der Waals surface area contributed by atoms with Crippen molar-refractivity contribution in [2.45, 2.75) is 19.0 Å². The van der Waals surface area contributed by atoms with Crippen LogP contribution < -0.4 is 4.90 Å². The highest BCUT2D eigenvalue weighted by molar-refractivity contribution is 7.10. The van der Waals surface area contributed by atoms with Crippen LogP contribution in [0.2, 0.25) is 0 Å². The van der Waals surface area contributed by atoms with Crippen LogP contribution in [0, 0.1) is 0 Å². The summed E-state index contributed by atoms with van der Waals surface area (Å²) in [6, 6.07) is 15.1. The van der Waals surface area contributed by atoms with Crippen LogP contribution in [0.5, 0.6) is 0 Å². The molecule has 0 radical (unpaired) electrons. The third-order valence-electron chi connectivity index (χ3n) is 5.51. The van der Waals surface area contributed by atoms with Gasteiger partial charge in [-0.15, -0.1) is 22.7 Å². The van der Waals surface area contributed by atoms with E-state index in [0.29, 0.717) is 13.1 Å². The molecule has 1 atom stereocenters. The number of likely N-dealkylation sites (N-methyl/N-ethyl adjacent to an activating group) is 1. The predicted molar refractivity (Wildman–Crippen MR) is 123 cm³/mol. The smallest absolute Gasteiger partial charge is 0.236 e. The first-order valence-electron chi connectivity index (χ1n) is 9.87. The summed E-state index contributed by atoms with van der Waals surface area (Å²) in [6.45, 7) is 2.01. The van der Waals surface area contributed by atoms with E-state index in [0.717, 1.165) is 18.5 Å². The van der Waals surface area contributed by atoms with E-state index in [1.165, 1.54) is 21.0 Å². The summed E-state index contributed by atoms with van der Waals surface area (Å²) in [6.07, 6.45) is 1.03. The number of hydrogen-bond donors (Lipinski definition) is 0. The molecule has 29 heavy (non-hydrogen) atoms. The number of thiophene rings is 2. The maximum atomic E-state index is 13.0. The van der Waals surface area contributed by atoms with E-state index in [2.05, 4.69) is 63.0 Å². The molecule has 1 aliphatic rings. The Bertz CT molecular complexity index is 947. The highest BCUT2D eigenvalue weighted by Crippen LogP contribution is 2.39. The van der Waals surface area contributed by atoms with Crippen molar-refractivity contribution in [2.24, 2.45) is 0 Å². The first-order chi connectivity index (χ1) is 14.0. The molecule has 4 nitrogen and oxygen atoms in total. The second-order valence-electron chi connectivity index (χ2n) is 7.75. The number of carbonyl (C=O) groups excluding carboxylic acids is 1. The number of benzene rings is 1. The van der Waals surface area contributed by atoms with E-state index in [1.807, 2.05) is 37.4 Å². The Kier molecular flexibility index (Phi) is 6.04. The lowest BCUT2D eigenvalue weighted by Crippen LogP contribution is -2.42. The zero-order valence-electron chi connectivity index (χ0n) is 17.2. The summed E-state index contributed by atoms with van der Waals surface area (Å²) in [7, 11) is 5.97. The van der Waals surface area contributed by atoms with Crippen LogP contribution >= 0.6 is 22.7 Å². The second-order valence-corrected chi connectivity index (χ2v) is 9.73. The van der Waals surface area contributed by atoms with E-state index < -0.39 is 0 Å². The van der Waals surface area contributed by atoms with E-state index >= 15 is 0 Å². The molecule has 0 bridgehead atoms. The fourth-order valence-electron chi connectivity index (χ4n) is 3.87. The number of nitrogens with zero attached hydrogens (tertiary/aromatic N) is 3. The van der Waals surface area contributed by atoms with E-state index in [-0.39, 0.29) is 11.9 Å². The highest BCUT2D eigenvalue weighted by Gasteiger charge is 2.32. The van der Waals surface area contributed by atoms with Crippen LogP contribution in [0.1, 0.15) is 26.9 Å². The minimum absolute atomic E-state index is 0.168. The van der Waals surface area contributed by atoms with Crippen molar-refractivity contribution in [2.75, 3.05) is 39.1 Å². The molecule has 1 aliphatic heterocycles. The molecular formula is C23H27N3OS2. The molecule has 0 spiro atoms. The van der Waals surface area contributed by atoms with E-state index in [1.54, 1.807) is 11.3 Å². The number of hydrogen-bond acceptors (Lipinski definition) is 5. The molecule has 3 heterocycles. The molecular weight excluding hydrogens is 398 g/mol. The fraction of sp³-hybridized carbons (Fsp3) is 0.348. The van der Waals surface area contributed by atoms with Gasteiger partial charge in [-0.25, -0.2) is 0 Å². The molecule has 0 aliphatic carbocycles. The standard InChI is InChI=1S/C23H27N3OS2/c1-24(2)18-8-6-17(7-9-18)15-25(3)22(27)16-26-12-10-20-19(11-14-29-20)23(26)21-5-4-13-28-21/h4-9,11,13-14,23H,10,12,15-16H2,1-3H3/t23-/m1/s1. The molecule has 0 saturated carbocycles. The molecule has 0 N–H and O–H groups in total. The van der Waals surface area contributed by atoms with Crippen molar-refractivity contribution in [3.8, 4) is 0 Å². The summed E-state index contributed by atoms with van der Waals surface area (Å²) >= 11 is 3.61. The van der Waals surface area contributed by atoms with Gasteiger partial charge in [0.25, 0.3) is 0 Å². The first kappa shape index (κ1) is 20.1. The van der Waals surface area contributed by atoms with Gasteiger partial charge in [0.15, 0.2) is 0 Å². The average Bonchev–Trinajstić information content (AvgIpc) is 3.40. The topological polar surface area (TPSA) is 26.8 Å². The minimum Gasteiger partial charge on any atom is -0.378 e.